The van der Waals surface area contributed by atoms with Gasteiger partial charge < -0.3 is 9.42 Å². The van der Waals surface area contributed by atoms with Crippen LogP contribution in [0.4, 0.5) is 13.2 Å². The summed E-state index contributed by atoms with van der Waals surface area (Å²) < 4.78 is 42.8. The second-order valence-electron chi connectivity index (χ2n) is 5.46. The summed E-state index contributed by atoms with van der Waals surface area (Å²) in [7, 11) is 0. The van der Waals surface area contributed by atoms with Crippen LogP contribution >= 0.6 is 0 Å². The van der Waals surface area contributed by atoms with Crippen molar-refractivity contribution in [3.05, 3.63) is 47.1 Å². The fraction of sp³-hybridized carbons (Fsp3) is 0.400. The number of pyridine rings is 1. The van der Waals surface area contributed by atoms with E-state index in [1.54, 1.807) is 17.9 Å². The highest BCUT2D eigenvalue weighted by Crippen LogP contribution is 2.34. The van der Waals surface area contributed by atoms with Crippen LogP contribution in [0.1, 0.15) is 46.4 Å². The van der Waals surface area contributed by atoms with Gasteiger partial charge in [0.15, 0.2) is 5.76 Å². The smallest absolute Gasteiger partial charge is 0.359 e. The number of likely N-dealkylation sites (tertiary alicyclic amines) is 1. The van der Waals surface area contributed by atoms with Crippen molar-refractivity contribution >= 4 is 5.91 Å². The largest absolute Gasteiger partial charge is 0.433 e. The molecular formula is C15H14F3N3O2. The Morgan fingerprint density at radius 3 is 2.74 bits per heavy atom. The van der Waals surface area contributed by atoms with Crippen molar-refractivity contribution in [2.45, 2.75) is 32.0 Å². The molecule has 2 aromatic rings. The highest BCUT2D eigenvalue weighted by atomic mass is 19.4. The number of alkyl halides is 3. The zero-order valence-corrected chi connectivity index (χ0v) is 12.3. The van der Waals surface area contributed by atoms with Crippen LogP contribution < -0.4 is 0 Å². The monoisotopic (exact) mass is 325 g/mol. The normalized spacial score (nSPS) is 18.4. The molecule has 1 aliphatic rings. The van der Waals surface area contributed by atoms with E-state index in [0.29, 0.717) is 12.3 Å². The predicted molar refractivity (Wildman–Crippen MR) is 73.5 cm³/mol. The molecular weight excluding hydrogens is 311 g/mol. The van der Waals surface area contributed by atoms with Gasteiger partial charge in [-0.3, -0.25) is 9.78 Å². The fourth-order valence-corrected chi connectivity index (χ4v) is 2.70. The van der Waals surface area contributed by atoms with Gasteiger partial charge in [0.25, 0.3) is 5.91 Å². The minimum absolute atomic E-state index is 0.126. The Morgan fingerprint density at radius 2 is 2.17 bits per heavy atom. The van der Waals surface area contributed by atoms with Crippen LogP contribution in [0.3, 0.4) is 0 Å². The third-order valence-electron chi connectivity index (χ3n) is 3.79. The van der Waals surface area contributed by atoms with Gasteiger partial charge in [0.1, 0.15) is 5.69 Å². The number of nitrogens with zero attached hydrogens (tertiary/aromatic N) is 3. The molecule has 1 saturated heterocycles. The first-order valence-corrected chi connectivity index (χ1v) is 7.13. The lowest BCUT2D eigenvalue weighted by Crippen LogP contribution is -2.30. The van der Waals surface area contributed by atoms with Crippen molar-refractivity contribution in [2.75, 3.05) is 6.54 Å². The third kappa shape index (κ3) is 3.06. The molecule has 0 bridgehead atoms. The van der Waals surface area contributed by atoms with Crippen LogP contribution in [0.2, 0.25) is 0 Å². The summed E-state index contributed by atoms with van der Waals surface area (Å²) in [4.78, 5) is 17.5. The Morgan fingerprint density at radius 1 is 1.39 bits per heavy atom. The highest BCUT2D eigenvalue weighted by molar-refractivity contribution is 5.94. The van der Waals surface area contributed by atoms with E-state index in [1.165, 1.54) is 0 Å². The average Bonchev–Trinajstić information content (AvgIpc) is 3.14. The number of hydrogen-bond donors (Lipinski definition) is 0. The maximum Gasteiger partial charge on any atom is 0.433 e. The number of amides is 1. The lowest BCUT2D eigenvalue weighted by atomic mass is 10.1. The summed E-state index contributed by atoms with van der Waals surface area (Å²) in [6.45, 7) is 2.30. The number of aryl methyl sites for hydroxylation is 1. The molecule has 1 atom stereocenters. The van der Waals surface area contributed by atoms with E-state index < -0.39 is 11.9 Å². The van der Waals surface area contributed by atoms with E-state index in [2.05, 4.69) is 10.1 Å². The summed E-state index contributed by atoms with van der Waals surface area (Å²) in [5.41, 5.74) is -0.172. The standard InChI is InChI=1S/C15H14F3N3O2/c1-9-7-12(23-20-9)11-3-2-6-21(11)14(22)10-4-5-13(19-8-10)15(16,17)18/h4-5,7-8,11H,2-3,6H2,1H3/t11-/m0/s1. The van der Waals surface area contributed by atoms with Gasteiger partial charge >= 0.3 is 6.18 Å². The lowest BCUT2D eigenvalue weighted by molar-refractivity contribution is -0.141. The van der Waals surface area contributed by atoms with Crippen LogP contribution in [0.15, 0.2) is 28.9 Å². The van der Waals surface area contributed by atoms with Crippen LogP contribution in [0.5, 0.6) is 0 Å². The third-order valence-corrected chi connectivity index (χ3v) is 3.79. The maximum atomic E-state index is 12.5. The summed E-state index contributed by atoms with van der Waals surface area (Å²) >= 11 is 0. The zero-order chi connectivity index (χ0) is 16.6. The molecule has 8 heteroatoms. The van der Waals surface area contributed by atoms with Gasteiger partial charge in [0.2, 0.25) is 0 Å². The van der Waals surface area contributed by atoms with Gasteiger partial charge in [-0.05, 0) is 31.9 Å². The minimum atomic E-state index is -4.52. The van der Waals surface area contributed by atoms with Crippen LogP contribution in [-0.4, -0.2) is 27.5 Å². The van der Waals surface area contributed by atoms with Crippen LogP contribution in [0.25, 0.3) is 0 Å². The Bertz CT molecular complexity index is 710. The van der Waals surface area contributed by atoms with Crippen molar-refractivity contribution in [1.82, 2.24) is 15.0 Å². The van der Waals surface area contributed by atoms with E-state index in [4.69, 9.17) is 4.52 Å². The maximum absolute atomic E-state index is 12.5. The van der Waals surface area contributed by atoms with Crippen LogP contribution in [0, 0.1) is 6.92 Å². The molecule has 3 heterocycles. The van der Waals surface area contributed by atoms with Gasteiger partial charge in [0.05, 0.1) is 17.3 Å². The molecule has 5 nitrogen and oxygen atoms in total. The van der Waals surface area contributed by atoms with Gasteiger partial charge in [0, 0.05) is 18.8 Å². The molecule has 0 spiro atoms. The highest BCUT2D eigenvalue weighted by Gasteiger charge is 2.35. The SMILES string of the molecule is Cc1cc([C@@H]2CCCN2C(=O)c2ccc(C(F)(F)F)nc2)on1. The second-order valence-corrected chi connectivity index (χ2v) is 5.46. The van der Waals surface area contributed by atoms with E-state index in [1.807, 2.05) is 0 Å². The molecule has 2 aromatic heterocycles. The first-order chi connectivity index (χ1) is 10.9. The number of halogens is 3. The summed E-state index contributed by atoms with van der Waals surface area (Å²) in [5, 5.41) is 3.82. The molecule has 3 rings (SSSR count). The average molecular weight is 325 g/mol. The second kappa shape index (κ2) is 5.68. The van der Waals surface area contributed by atoms with E-state index in [-0.39, 0.29) is 17.5 Å². The summed E-state index contributed by atoms with van der Waals surface area (Å²) in [6.07, 6.45) is -2.03. The summed E-state index contributed by atoms with van der Waals surface area (Å²) in [6, 6.07) is 3.49. The van der Waals surface area contributed by atoms with E-state index >= 15 is 0 Å². The number of carbonyl (C=O) groups is 1. The minimum Gasteiger partial charge on any atom is -0.359 e. The molecule has 0 aliphatic carbocycles. The van der Waals surface area contributed by atoms with E-state index in [0.717, 1.165) is 36.9 Å². The Labute approximate surface area is 130 Å². The fourth-order valence-electron chi connectivity index (χ4n) is 2.70. The first kappa shape index (κ1) is 15.5. The molecule has 0 radical (unpaired) electrons. The van der Waals surface area contributed by atoms with Gasteiger partial charge in [-0.15, -0.1) is 0 Å². The van der Waals surface area contributed by atoms with Crippen molar-refractivity contribution in [1.29, 1.82) is 0 Å². The van der Waals surface area contributed by atoms with Gasteiger partial charge in [-0.25, -0.2) is 0 Å². The van der Waals surface area contributed by atoms with E-state index in [9.17, 15) is 18.0 Å². The first-order valence-electron chi connectivity index (χ1n) is 7.13. The number of rotatable bonds is 2. The quantitative estimate of drug-likeness (QED) is 0.849. The molecule has 1 amide bonds. The molecule has 0 aromatic carbocycles. The molecule has 23 heavy (non-hydrogen) atoms. The van der Waals surface area contributed by atoms with Gasteiger partial charge in [-0.2, -0.15) is 13.2 Å². The summed E-state index contributed by atoms with van der Waals surface area (Å²) in [5.74, 6) is 0.232. The Hall–Kier alpha value is -2.38. The molecule has 122 valence electrons. The molecule has 1 fully saturated rings. The molecule has 1 aliphatic heterocycles. The molecule has 0 saturated carbocycles. The zero-order valence-electron chi connectivity index (χ0n) is 12.3. The number of hydrogen-bond acceptors (Lipinski definition) is 4. The van der Waals surface area contributed by atoms with Gasteiger partial charge in [-0.1, -0.05) is 5.16 Å². The van der Waals surface area contributed by atoms with Crippen molar-refractivity contribution < 1.29 is 22.5 Å². The topological polar surface area (TPSA) is 59.2 Å². The van der Waals surface area contributed by atoms with Crippen LogP contribution in [-0.2, 0) is 6.18 Å². The molecule has 0 unspecified atom stereocenters. The van der Waals surface area contributed by atoms with Crippen molar-refractivity contribution in [2.24, 2.45) is 0 Å². The Balaban J connectivity index is 1.82. The predicted octanol–water partition coefficient (Wildman–Crippen LogP) is 3.37. The van der Waals surface area contributed by atoms with Crippen molar-refractivity contribution in [3.8, 4) is 0 Å². The number of aromatic nitrogens is 2. The Kier molecular flexibility index (Phi) is 3.83. The lowest BCUT2D eigenvalue weighted by Gasteiger charge is -2.22. The van der Waals surface area contributed by atoms with Crippen molar-refractivity contribution in [3.63, 3.8) is 0 Å². The number of carbonyl (C=O) groups excluding carboxylic acids is 1. The molecule has 0 N–H and O–H groups in total.